The maximum absolute atomic E-state index is 10.9. The summed E-state index contributed by atoms with van der Waals surface area (Å²) >= 11 is 0. The minimum absolute atomic E-state index is 0.213. The first-order valence-corrected chi connectivity index (χ1v) is 12.1. The number of hydrogen-bond donors (Lipinski definition) is 2. The number of anilines is 1. The predicted octanol–water partition coefficient (Wildman–Crippen LogP) is 3.49. The molecule has 2 aromatic carbocycles. The molecule has 2 heterocycles. The Labute approximate surface area is 197 Å². The fourth-order valence-electron chi connectivity index (χ4n) is 3.44. The van der Waals surface area contributed by atoms with Gasteiger partial charge in [-0.15, -0.1) is 0 Å². The highest BCUT2D eigenvalue weighted by atomic mass is 31.2. The highest BCUT2D eigenvalue weighted by Gasteiger charge is 2.18. The summed E-state index contributed by atoms with van der Waals surface area (Å²) in [6.07, 6.45) is 7.24. The Morgan fingerprint density at radius 2 is 1.85 bits per heavy atom. The summed E-state index contributed by atoms with van der Waals surface area (Å²) in [7, 11) is -4.86. The highest BCUT2D eigenvalue weighted by Crippen LogP contribution is 2.30. The topological polar surface area (TPSA) is 126 Å². The molecule has 0 spiro atoms. The summed E-state index contributed by atoms with van der Waals surface area (Å²) in [4.78, 5) is 19.7. The number of nitrogens with zero attached hydrogens (tertiary/aromatic N) is 2. The largest absolute Gasteiger partial charge is 0.756 e. The molecule has 0 saturated heterocycles. The van der Waals surface area contributed by atoms with Crippen molar-refractivity contribution in [1.82, 2.24) is 5.16 Å². The van der Waals surface area contributed by atoms with Crippen LogP contribution in [0.4, 0.5) is 5.82 Å². The van der Waals surface area contributed by atoms with Gasteiger partial charge in [-0.3, -0.25) is 14.8 Å². The first kappa shape index (κ1) is 23.6. The summed E-state index contributed by atoms with van der Waals surface area (Å²) in [5.74, 6) is 0.655. The van der Waals surface area contributed by atoms with E-state index in [0.717, 1.165) is 23.2 Å². The van der Waals surface area contributed by atoms with Crippen molar-refractivity contribution in [3.63, 3.8) is 0 Å². The smallest absolute Gasteiger partial charge is 0.285 e. The zero-order chi connectivity index (χ0) is 24.0. The lowest BCUT2D eigenvalue weighted by molar-refractivity contribution is -0.712. The van der Waals surface area contributed by atoms with Crippen molar-refractivity contribution in [2.24, 2.45) is 0 Å². The van der Waals surface area contributed by atoms with E-state index in [1.807, 2.05) is 18.2 Å². The summed E-state index contributed by atoms with van der Waals surface area (Å²) < 4.78 is 22.1. The second-order valence-corrected chi connectivity index (χ2v) is 8.89. The summed E-state index contributed by atoms with van der Waals surface area (Å²) in [5, 5.41) is 4.13. The molecule has 2 aromatic heterocycles. The summed E-state index contributed by atoms with van der Waals surface area (Å²) in [6.45, 7) is -0.454. The molecule has 174 valence electrons. The first-order chi connectivity index (χ1) is 16.4. The molecular formula is C25H24N3O5P. The van der Waals surface area contributed by atoms with Gasteiger partial charge in [-0.2, -0.15) is 0 Å². The Morgan fingerprint density at radius 3 is 2.59 bits per heavy atom. The maximum Gasteiger partial charge on any atom is 0.285 e. The third kappa shape index (κ3) is 6.50. The van der Waals surface area contributed by atoms with Crippen LogP contribution in [0, 0.1) is 0 Å². The number of aromatic nitrogens is 2. The Kier molecular flexibility index (Phi) is 7.35. The molecule has 1 atom stereocenters. The van der Waals surface area contributed by atoms with E-state index in [1.54, 1.807) is 18.2 Å². The van der Waals surface area contributed by atoms with Crippen molar-refractivity contribution in [2.75, 3.05) is 5.73 Å². The molecule has 0 radical (unpaired) electrons. The number of nitrogens with two attached hydrogens (primary N) is 1. The minimum atomic E-state index is -4.86. The molecule has 3 N–H and O–H groups in total. The van der Waals surface area contributed by atoms with Crippen molar-refractivity contribution in [2.45, 2.75) is 19.6 Å². The fourth-order valence-corrected chi connectivity index (χ4v) is 3.71. The number of phosphoric acid groups is 1. The van der Waals surface area contributed by atoms with Crippen LogP contribution in [-0.2, 0) is 28.7 Å². The normalized spacial score (nSPS) is 13.2. The van der Waals surface area contributed by atoms with Gasteiger partial charge in [-0.25, -0.2) is 4.57 Å². The van der Waals surface area contributed by atoms with Gasteiger partial charge in [0, 0.05) is 12.5 Å². The predicted molar refractivity (Wildman–Crippen MR) is 126 cm³/mol. The Morgan fingerprint density at radius 1 is 1.09 bits per heavy atom. The minimum Gasteiger partial charge on any atom is -0.756 e. The van der Waals surface area contributed by atoms with E-state index in [1.165, 1.54) is 16.3 Å². The highest BCUT2D eigenvalue weighted by molar-refractivity contribution is 7.44. The lowest BCUT2D eigenvalue weighted by atomic mass is 10.1. The Balaban J connectivity index is 1.40. The van der Waals surface area contributed by atoms with Crippen molar-refractivity contribution >= 4 is 19.7 Å². The number of pyridine rings is 1. The van der Waals surface area contributed by atoms with E-state index >= 15 is 0 Å². The van der Waals surface area contributed by atoms with Crippen molar-refractivity contribution in [3.8, 4) is 11.3 Å². The van der Waals surface area contributed by atoms with Crippen LogP contribution in [0.3, 0.4) is 0 Å². The number of rotatable bonds is 9. The van der Waals surface area contributed by atoms with Gasteiger partial charge < -0.3 is 14.3 Å². The number of benzene rings is 2. The van der Waals surface area contributed by atoms with Crippen molar-refractivity contribution in [1.29, 1.82) is 0 Å². The zero-order valence-electron chi connectivity index (χ0n) is 18.3. The van der Waals surface area contributed by atoms with Crippen LogP contribution < -0.4 is 15.2 Å². The molecular weight excluding hydrogens is 453 g/mol. The van der Waals surface area contributed by atoms with Gasteiger partial charge in [0.05, 0.1) is 11.9 Å². The first-order valence-electron chi connectivity index (χ1n) is 10.6. The quantitative estimate of drug-likeness (QED) is 0.279. The van der Waals surface area contributed by atoms with Gasteiger partial charge in [0.25, 0.3) is 13.6 Å². The molecule has 0 aliphatic heterocycles. The molecule has 0 amide bonds. The second-order valence-electron chi connectivity index (χ2n) is 7.70. The molecule has 34 heavy (non-hydrogen) atoms. The van der Waals surface area contributed by atoms with E-state index in [4.69, 9.17) is 15.2 Å². The van der Waals surface area contributed by atoms with Crippen LogP contribution in [0.1, 0.15) is 22.4 Å². The standard InChI is InChI=1S/C25H24N3O5P/c26-25-23(10-5-15-28(25)18-32-34(29,30)31)24-17-22(27-33-24)16-21-13-11-20(12-14-21)9-4-8-19-6-2-1-3-7-19/h1-7,9-15,17,26H,8,16,18H2,(H2,29,30,31). The Bertz CT molecular complexity index is 1310. The molecule has 0 fully saturated rings. The van der Waals surface area contributed by atoms with E-state index in [0.29, 0.717) is 17.7 Å². The molecule has 9 heteroatoms. The maximum atomic E-state index is 10.9. The van der Waals surface area contributed by atoms with Gasteiger partial charge >= 0.3 is 0 Å². The van der Waals surface area contributed by atoms with Crippen molar-refractivity contribution < 1.29 is 28.0 Å². The van der Waals surface area contributed by atoms with Gasteiger partial charge in [-0.1, -0.05) is 71.9 Å². The monoisotopic (exact) mass is 477 g/mol. The van der Waals surface area contributed by atoms with Crippen LogP contribution >= 0.6 is 7.82 Å². The fraction of sp³-hybridized carbons (Fsp3) is 0.120. The molecule has 8 nitrogen and oxygen atoms in total. The van der Waals surface area contributed by atoms with E-state index in [-0.39, 0.29) is 5.82 Å². The molecule has 0 bridgehead atoms. The average Bonchev–Trinajstić information content (AvgIpc) is 3.28. The third-order valence-corrected chi connectivity index (χ3v) is 5.61. The number of hydrogen-bond acceptors (Lipinski definition) is 6. The lowest BCUT2D eigenvalue weighted by Crippen LogP contribution is -2.38. The second kappa shape index (κ2) is 10.6. The molecule has 4 aromatic rings. The summed E-state index contributed by atoms with van der Waals surface area (Å²) in [6, 6.07) is 23.7. The number of phosphoric ester groups is 1. The van der Waals surface area contributed by atoms with E-state index in [2.05, 4.69) is 58.2 Å². The van der Waals surface area contributed by atoms with E-state index < -0.39 is 14.6 Å². The van der Waals surface area contributed by atoms with Crippen LogP contribution in [0.2, 0.25) is 0 Å². The zero-order valence-corrected chi connectivity index (χ0v) is 19.2. The van der Waals surface area contributed by atoms with Gasteiger partial charge in [0.15, 0.2) is 12.5 Å². The number of allylic oxidation sites excluding steroid dienone is 1. The SMILES string of the molecule is Nc1c(-c2cc(Cc3ccc(C=CCc4ccccc4)cc3)no2)ccc[n+]1COP(=O)([O-])O. The molecule has 1 unspecified atom stereocenters. The molecule has 0 aliphatic carbocycles. The van der Waals surface area contributed by atoms with Gasteiger partial charge in [0.1, 0.15) is 5.56 Å². The molecule has 0 aliphatic rings. The van der Waals surface area contributed by atoms with Gasteiger partial charge in [0.2, 0.25) is 0 Å². The third-order valence-electron chi connectivity index (χ3n) is 5.17. The van der Waals surface area contributed by atoms with Crippen LogP contribution in [0.5, 0.6) is 0 Å². The van der Waals surface area contributed by atoms with E-state index in [9.17, 15) is 9.46 Å². The van der Waals surface area contributed by atoms with Crippen LogP contribution in [0.15, 0.2) is 89.6 Å². The Hall–Kier alpha value is -3.55. The van der Waals surface area contributed by atoms with Crippen LogP contribution in [-0.4, -0.2) is 10.1 Å². The number of nitrogen functional groups attached to an aromatic ring is 1. The average molecular weight is 477 g/mol. The lowest BCUT2D eigenvalue weighted by Gasteiger charge is -2.14. The summed E-state index contributed by atoms with van der Waals surface area (Å²) in [5.41, 5.74) is 10.8. The van der Waals surface area contributed by atoms with Gasteiger partial charge in [-0.05, 0) is 35.2 Å². The molecule has 4 rings (SSSR count). The van der Waals surface area contributed by atoms with Crippen molar-refractivity contribution in [3.05, 3.63) is 107 Å². The molecule has 0 saturated carbocycles. The van der Waals surface area contributed by atoms with Crippen LogP contribution in [0.25, 0.3) is 17.4 Å².